The van der Waals surface area contributed by atoms with Crippen molar-refractivity contribution in [3.05, 3.63) is 57.6 Å². The number of amides is 1. The van der Waals surface area contributed by atoms with Gasteiger partial charge in [-0.3, -0.25) is 14.4 Å². The molecule has 3 rings (SSSR count). The Hall–Kier alpha value is -3.39. The van der Waals surface area contributed by atoms with Gasteiger partial charge < -0.3 is 20.3 Å². The molecule has 1 amide bonds. The highest BCUT2D eigenvalue weighted by atomic mass is 32.1. The highest BCUT2D eigenvalue weighted by Crippen LogP contribution is 2.33. The number of carbonyl (C=O) groups is 2. The van der Waals surface area contributed by atoms with Crippen LogP contribution in [0.3, 0.4) is 0 Å². The molecule has 3 aromatic rings. The number of aliphatic carboxylic acids is 1. The molecular weight excluding hydrogens is 370 g/mol. The molecule has 1 heterocycles. The molecule has 7 nitrogen and oxygen atoms in total. The third-order valence-electron chi connectivity index (χ3n) is 3.93. The molecule has 2 aromatic carbocycles. The van der Waals surface area contributed by atoms with Crippen molar-refractivity contribution in [2.75, 3.05) is 13.7 Å². The van der Waals surface area contributed by atoms with Crippen molar-refractivity contribution in [2.45, 2.75) is 0 Å². The first-order valence-electron chi connectivity index (χ1n) is 7.85. The number of hydrogen-bond donors (Lipinski definition) is 3. The molecule has 138 valence electrons. The van der Waals surface area contributed by atoms with E-state index < -0.39 is 34.5 Å². The Kier molecular flexibility index (Phi) is 5.09. The van der Waals surface area contributed by atoms with Crippen LogP contribution in [-0.4, -0.2) is 35.7 Å². The van der Waals surface area contributed by atoms with Crippen molar-refractivity contribution in [3.63, 3.8) is 0 Å². The molecule has 0 atom stereocenters. The second-order valence-electron chi connectivity index (χ2n) is 5.63. The van der Waals surface area contributed by atoms with Crippen LogP contribution < -0.4 is 14.8 Å². The quantitative estimate of drug-likeness (QED) is 0.622. The monoisotopic (exact) mass is 385 g/mol. The minimum absolute atomic E-state index is 0.345. The number of nitrogens with one attached hydrogen (secondary N) is 1. The van der Waals surface area contributed by atoms with Crippen LogP contribution in [0.2, 0.25) is 0 Å². The first-order chi connectivity index (χ1) is 12.9. The smallest absolute Gasteiger partial charge is 0.322 e. The summed E-state index contributed by atoms with van der Waals surface area (Å²) in [5, 5.41) is 21.4. The van der Waals surface area contributed by atoms with Crippen LogP contribution in [0, 0.1) is 0 Å². The first-order valence-corrected chi connectivity index (χ1v) is 8.66. The molecular formula is C19H15NO6S. The number of aromatic hydroxyl groups is 1. The minimum Gasteiger partial charge on any atom is -0.506 e. The van der Waals surface area contributed by atoms with Gasteiger partial charge >= 0.3 is 5.97 Å². The molecule has 0 radical (unpaired) electrons. The lowest BCUT2D eigenvalue weighted by Crippen LogP contribution is -2.32. The fourth-order valence-corrected chi connectivity index (χ4v) is 3.54. The Labute approximate surface area is 157 Å². The molecule has 8 heteroatoms. The number of methoxy groups -OCH3 is 1. The number of carboxylic acids is 1. The minimum atomic E-state index is -1.25. The zero-order valence-electron chi connectivity index (χ0n) is 14.2. The van der Waals surface area contributed by atoms with E-state index in [0.29, 0.717) is 10.1 Å². The van der Waals surface area contributed by atoms with Crippen LogP contribution in [-0.2, 0) is 4.79 Å². The third-order valence-corrected chi connectivity index (χ3v) is 4.88. The average Bonchev–Trinajstić information content (AvgIpc) is 2.66. The molecule has 0 unspecified atom stereocenters. The van der Waals surface area contributed by atoms with Gasteiger partial charge in [-0.15, -0.1) is 0 Å². The zero-order valence-corrected chi connectivity index (χ0v) is 15.0. The predicted octanol–water partition coefficient (Wildman–Crippen LogP) is 2.46. The van der Waals surface area contributed by atoms with Crippen molar-refractivity contribution in [3.8, 4) is 22.6 Å². The zero-order chi connectivity index (χ0) is 19.6. The van der Waals surface area contributed by atoms with Crippen molar-refractivity contribution in [2.24, 2.45) is 0 Å². The molecule has 0 aliphatic heterocycles. The summed E-state index contributed by atoms with van der Waals surface area (Å²) in [5.74, 6) is -1.90. The second kappa shape index (κ2) is 7.46. The third kappa shape index (κ3) is 3.75. The van der Waals surface area contributed by atoms with Crippen molar-refractivity contribution < 1.29 is 24.5 Å². The Balaban J connectivity index is 2.03. The maximum absolute atomic E-state index is 12.3. The fraction of sp³-hybridized carbons (Fsp3) is 0.105. The first kappa shape index (κ1) is 18.4. The SMILES string of the molecule is COc1ccc(-c2ccc3c(O)c(C(=O)NCC(=O)O)c(=O)sc3c2)cc1. The molecule has 3 N–H and O–H groups in total. The molecule has 0 aliphatic carbocycles. The van der Waals surface area contributed by atoms with Crippen LogP contribution in [0.15, 0.2) is 47.3 Å². The van der Waals surface area contributed by atoms with E-state index in [9.17, 15) is 19.5 Å². The standard InChI is InChI=1S/C19H15NO6S/c1-26-12-5-2-10(3-6-12)11-4-7-13-14(8-11)27-19(25)16(17(13)23)18(24)20-9-15(21)22/h2-8,23H,9H2,1H3,(H,20,24)(H,21,22). The van der Waals surface area contributed by atoms with E-state index in [0.717, 1.165) is 28.2 Å². The van der Waals surface area contributed by atoms with Crippen LogP contribution >= 0.6 is 11.3 Å². The van der Waals surface area contributed by atoms with E-state index >= 15 is 0 Å². The van der Waals surface area contributed by atoms with Gasteiger partial charge in [0.2, 0.25) is 4.74 Å². The number of carbonyl (C=O) groups excluding carboxylic acids is 1. The van der Waals surface area contributed by atoms with Crippen molar-refractivity contribution >= 4 is 33.3 Å². The van der Waals surface area contributed by atoms with Crippen LogP contribution in [0.25, 0.3) is 21.2 Å². The van der Waals surface area contributed by atoms with Gasteiger partial charge in [0, 0.05) is 10.1 Å². The van der Waals surface area contributed by atoms with E-state index in [1.54, 1.807) is 25.3 Å². The van der Waals surface area contributed by atoms with Gasteiger partial charge in [0.05, 0.1) is 7.11 Å². The van der Waals surface area contributed by atoms with Crippen LogP contribution in [0.5, 0.6) is 11.5 Å². The summed E-state index contributed by atoms with van der Waals surface area (Å²) in [5.41, 5.74) is 1.29. The van der Waals surface area contributed by atoms with Crippen molar-refractivity contribution in [1.29, 1.82) is 0 Å². The Morgan fingerprint density at radius 3 is 2.41 bits per heavy atom. The number of benzene rings is 2. The lowest BCUT2D eigenvalue weighted by Gasteiger charge is -2.09. The van der Waals surface area contributed by atoms with Crippen LogP contribution in [0.1, 0.15) is 10.4 Å². The summed E-state index contributed by atoms with van der Waals surface area (Å²) in [6.45, 7) is -0.642. The maximum atomic E-state index is 12.3. The summed E-state index contributed by atoms with van der Waals surface area (Å²) in [6.07, 6.45) is 0. The highest BCUT2D eigenvalue weighted by Gasteiger charge is 2.20. The van der Waals surface area contributed by atoms with Crippen LogP contribution in [0.4, 0.5) is 0 Å². The summed E-state index contributed by atoms with van der Waals surface area (Å²) in [7, 11) is 1.58. The lowest BCUT2D eigenvalue weighted by atomic mass is 10.0. The molecule has 0 fully saturated rings. The molecule has 0 saturated heterocycles. The van der Waals surface area contributed by atoms with Gasteiger partial charge in [-0.2, -0.15) is 0 Å². The number of hydrogen-bond acceptors (Lipinski definition) is 6. The van der Waals surface area contributed by atoms with Gasteiger partial charge in [0.15, 0.2) is 0 Å². The van der Waals surface area contributed by atoms with E-state index in [-0.39, 0.29) is 0 Å². The Morgan fingerprint density at radius 2 is 1.78 bits per heavy atom. The molecule has 0 bridgehead atoms. The predicted molar refractivity (Wildman–Crippen MR) is 102 cm³/mol. The van der Waals surface area contributed by atoms with E-state index in [1.807, 2.05) is 24.3 Å². The van der Waals surface area contributed by atoms with E-state index in [2.05, 4.69) is 5.32 Å². The molecule has 1 aromatic heterocycles. The largest absolute Gasteiger partial charge is 0.506 e. The van der Waals surface area contributed by atoms with E-state index in [4.69, 9.17) is 9.84 Å². The topological polar surface area (TPSA) is 113 Å². The molecule has 0 spiro atoms. The normalized spacial score (nSPS) is 10.6. The van der Waals surface area contributed by atoms with Gasteiger partial charge in [0.25, 0.3) is 5.91 Å². The van der Waals surface area contributed by atoms with Gasteiger partial charge in [0.1, 0.15) is 23.6 Å². The summed E-state index contributed by atoms with van der Waals surface area (Å²) < 4.78 is 5.00. The average molecular weight is 385 g/mol. The Morgan fingerprint density at radius 1 is 1.11 bits per heavy atom. The fourth-order valence-electron chi connectivity index (χ4n) is 2.59. The van der Waals surface area contributed by atoms with Gasteiger partial charge in [-0.05, 0) is 35.4 Å². The summed E-state index contributed by atoms with van der Waals surface area (Å²) >= 11 is 0.813. The van der Waals surface area contributed by atoms with Gasteiger partial charge in [-0.25, -0.2) is 0 Å². The number of ether oxygens (including phenoxy) is 1. The van der Waals surface area contributed by atoms with Crippen molar-refractivity contribution in [1.82, 2.24) is 5.32 Å². The molecule has 0 aliphatic rings. The summed E-state index contributed by atoms with van der Waals surface area (Å²) in [6, 6.07) is 12.5. The highest BCUT2D eigenvalue weighted by molar-refractivity contribution is 7.16. The number of carboxylic acid groups (broad SMARTS) is 1. The maximum Gasteiger partial charge on any atom is 0.322 e. The van der Waals surface area contributed by atoms with Gasteiger partial charge in [-0.1, -0.05) is 29.5 Å². The van der Waals surface area contributed by atoms with E-state index in [1.165, 1.54) is 0 Å². The Bertz CT molecular complexity index is 1090. The number of fused-ring (bicyclic) bond motifs is 1. The second-order valence-corrected chi connectivity index (χ2v) is 6.64. The number of rotatable bonds is 5. The molecule has 0 saturated carbocycles. The summed E-state index contributed by atoms with van der Waals surface area (Å²) in [4.78, 5) is 34.9. The molecule has 27 heavy (non-hydrogen) atoms. The lowest BCUT2D eigenvalue weighted by molar-refractivity contribution is -0.135.